The highest BCUT2D eigenvalue weighted by Gasteiger charge is 2.30. The van der Waals surface area contributed by atoms with Crippen LogP contribution in [0.15, 0.2) is 72.1 Å². The molecule has 0 radical (unpaired) electrons. The Morgan fingerprint density at radius 1 is 1.17 bits per heavy atom. The molecule has 5 nitrogen and oxygen atoms in total. The third kappa shape index (κ3) is 5.47. The van der Waals surface area contributed by atoms with Crippen molar-refractivity contribution in [1.82, 2.24) is 9.99 Å². The number of halogens is 3. The number of hydrazone groups is 1. The van der Waals surface area contributed by atoms with Gasteiger partial charge in [-0.1, -0.05) is 18.2 Å². The van der Waals surface area contributed by atoms with Crippen molar-refractivity contribution >= 4 is 12.1 Å². The number of alkyl halides is 3. The first kappa shape index (κ1) is 20.2. The molecular formula is C21H18F3N3O2. The van der Waals surface area contributed by atoms with E-state index >= 15 is 0 Å². The van der Waals surface area contributed by atoms with E-state index in [0.717, 1.165) is 29.1 Å². The highest BCUT2D eigenvalue weighted by atomic mass is 19.4. The van der Waals surface area contributed by atoms with Crippen LogP contribution in [0, 0.1) is 0 Å². The molecule has 1 heterocycles. The van der Waals surface area contributed by atoms with Crippen LogP contribution in [0.3, 0.4) is 0 Å². The van der Waals surface area contributed by atoms with Crippen LogP contribution >= 0.6 is 0 Å². The number of nitrogens with one attached hydrogen (secondary N) is 1. The minimum Gasteiger partial charge on any atom is -0.497 e. The van der Waals surface area contributed by atoms with Crippen LogP contribution in [-0.4, -0.2) is 23.8 Å². The van der Waals surface area contributed by atoms with Crippen LogP contribution in [0.1, 0.15) is 16.7 Å². The van der Waals surface area contributed by atoms with Crippen LogP contribution in [0.25, 0.3) is 5.69 Å². The van der Waals surface area contributed by atoms with E-state index < -0.39 is 17.6 Å². The lowest BCUT2D eigenvalue weighted by molar-refractivity contribution is -0.137. The van der Waals surface area contributed by atoms with Crippen molar-refractivity contribution in [1.29, 1.82) is 0 Å². The third-order valence-corrected chi connectivity index (χ3v) is 4.11. The predicted octanol–water partition coefficient (Wildman–Crippen LogP) is 4.20. The Labute approximate surface area is 165 Å². The van der Waals surface area contributed by atoms with Gasteiger partial charge in [-0.2, -0.15) is 18.3 Å². The zero-order valence-electron chi connectivity index (χ0n) is 15.5. The number of methoxy groups -OCH3 is 1. The van der Waals surface area contributed by atoms with E-state index in [1.165, 1.54) is 18.3 Å². The number of hydrogen-bond acceptors (Lipinski definition) is 3. The summed E-state index contributed by atoms with van der Waals surface area (Å²) in [7, 11) is 1.60. The van der Waals surface area contributed by atoms with Gasteiger partial charge in [-0.15, -0.1) is 0 Å². The number of nitrogens with zero attached hydrogens (tertiary/aromatic N) is 2. The molecule has 8 heteroatoms. The average molecular weight is 401 g/mol. The van der Waals surface area contributed by atoms with Gasteiger partial charge in [0.1, 0.15) is 5.75 Å². The summed E-state index contributed by atoms with van der Waals surface area (Å²) in [5.74, 6) is 0.251. The molecule has 2 aromatic carbocycles. The second-order valence-electron chi connectivity index (χ2n) is 6.22. The molecule has 0 spiro atoms. The minimum absolute atomic E-state index is 0.200. The number of benzene rings is 2. The average Bonchev–Trinajstić information content (AvgIpc) is 3.16. The summed E-state index contributed by atoms with van der Waals surface area (Å²) in [4.78, 5) is 11.9. The number of carbonyl (C=O) groups is 1. The molecule has 3 aromatic rings. The lowest BCUT2D eigenvalue weighted by Crippen LogP contribution is -2.20. The van der Waals surface area contributed by atoms with E-state index in [4.69, 9.17) is 4.74 Å². The van der Waals surface area contributed by atoms with Gasteiger partial charge >= 0.3 is 6.18 Å². The number of carbonyl (C=O) groups excluding carboxylic acids is 1. The van der Waals surface area contributed by atoms with Gasteiger partial charge in [0.25, 0.3) is 0 Å². The Hall–Kier alpha value is -3.55. The van der Waals surface area contributed by atoms with Crippen molar-refractivity contribution in [3.63, 3.8) is 0 Å². The van der Waals surface area contributed by atoms with Gasteiger partial charge in [-0.3, -0.25) is 4.79 Å². The monoisotopic (exact) mass is 401 g/mol. The van der Waals surface area contributed by atoms with E-state index in [0.29, 0.717) is 0 Å². The zero-order valence-corrected chi connectivity index (χ0v) is 15.5. The summed E-state index contributed by atoms with van der Waals surface area (Å²) in [6.07, 6.45) is 0.484. The molecule has 0 aliphatic carbocycles. The number of amides is 1. The Morgan fingerprint density at radius 2 is 1.93 bits per heavy atom. The molecule has 0 bridgehead atoms. The molecular weight excluding hydrogens is 383 g/mol. The Morgan fingerprint density at radius 3 is 2.62 bits per heavy atom. The summed E-state index contributed by atoms with van der Waals surface area (Å²) in [5.41, 5.74) is 3.48. The summed E-state index contributed by atoms with van der Waals surface area (Å²) < 4.78 is 45.2. The van der Waals surface area contributed by atoms with Crippen LogP contribution in [0.2, 0.25) is 0 Å². The highest BCUT2D eigenvalue weighted by molar-refractivity contribution is 5.83. The van der Waals surface area contributed by atoms with Gasteiger partial charge in [0.2, 0.25) is 5.91 Å². The van der Waals surface area contributed by atoms with Gasteiger partial charge in [0.15, 0.2) is 0 Å². The molecule has 29 heavy (non-hydrogen) atoms. The van der Waals surface area contributed by atoms with Gasteiger partial charge in [-0.25, -0.2) is 5.43 Å². The largest absolute Gasteiger partial charge is 0.497 e. The SMILES string of the molecule is COc1ccc(-n2ccc(/C=N/NC(=O)Cc3cccc(C(F)(F)F)c3)c2)cc1. The van der Waals surface area contributed by atoms with Crippen molar-refractivity contribution in [2.24, 2.45) is 5.10 Å². The predicted molar refractivity (Wildman–Crippen MR) is 103 cm³/mol. The number of aromatic nitrogens is 1. The van der Waals surface area contributed by atoms with E-state index in [9.17, 15) is 18.0 Å². The van der Waals surface area contributed by atoms with Crippen LogP contribution in [-0.2, 0) is 17.4 Å². The second kappa shape index (κ2) is 8.64. The van der Waals surface area contributed by atoms with Crippen LogP contribution in [0.5, 0.6) is 5.75 Å². The summed E-state index contributed by atoms with van der Waals surface area (Å²) >= 11 is 0. The fourth-order valence-electron chi connectivity index (χ4n) is 2.67. The molecule has 0 atom stereocenters. The van der Waals surface area contributed by atoms with Gasteiger partial charge in [-0.05, 0) is 42.0 Å². The van der Waals surface area contributed by atoms with Crippen LogP contribution < -0.4 is 10.2 Å². The number of hydrogen-bond donors (Lipinski definition) is 1. The molecule has 150 valence electrons. The van der Waals surface area contributed by atoms with Crippen molar-refractivity contribution < 1.29 is 22.7 Å². The lowest BCUT2D eigenvalue weighted by Gasteiger charge is -2.08. The zero-order chi connectivity index (χ0) is 20.9. The Balaban J connectivity index is 1.57. The van der Waals surface area contributed by atoms with Crippen molar-refractivity contribution in [2.45, 2.75) is 12.6 Å². The summed E-state index contributed by atoms with van der Waals surface area (Å²) in [6, 6.07) is 14.0. The van der Waals surface area contributed by atoms with E-state index in [-0.39, 0.29) is 12.0 Å². The van der Waals surface area contributed by atoms with Gasteiger partial charge in [0.05, 0.1) is 25.3 Å². The van der Waals surface area contributed by atoms with Crippen LogP contribution in [0.4, 0.5) is 13.2 Å². The quantitative estimate of drug-likeness (QED) is 0.497. The van der Waals surface area contributed by atoms with Crippen molar-refractivity contribution in [3.8, 4) is 11.4 Å². The third-order valence-electron chi connectivity index (χ3n) is 4.11. The first-order valence-corrected chi connectivity index (χ1v) is 8.65. The smallest absolute Gasteiger partial charge is 0.416 e. The fourth-order valence-corrected chi connectivity index (χ4v) is 2.67. The number of ether oxygens (including phenoxy) is 1. The molecule has 0 aliphatic heterocycles. The van der Waals surface area contributed by atoms with Crippen molar-refractivity contribution in [2.75, 3.05) is 7.11 Å². The maximum atomic E-state index is 12.7. The first-order valence-electron chi connectivity index (χ1n) is 8.65. The van der Waals surface area contributed by atoms with Crippen molar-refractivity contribution in [3.05, 3.63) is 83.7 Å². The number of rotatable bonds is 6. The molecule has 1 amide bonds. The van der Waals surface area contributed by atoms with E-state index in [2.05, 4.69) is 10.5 Å². The molecule has 0 saturated carbocycles. The fraction of sp³-hybridized carbons (Fsp3) is 0.143. The highest BCUT2D eigenvalue weighted by Crippen LogP contribution is 2.29. The maximum absolute atomic E-state index is 12.7. The van der Waals surface area contributed by atoms with Gasteiger partial charge in [0, 0.05) is 23.6 Å². The second-order valence-corrected chi connectivity index (χ2v) is 6.22. The first-order chi connectivity index (χ1) is 13.8. The summed E-state index contributed by atoms with van der Waals surface area (Å²) in [5, 5.41) is 3.86. The molecule has 3 rings (SSSR count). The lowest BCUT2D eigenvalue weighted by atomic mass is 10.1. The summed E-state index contributed by atoms with van der Waals surface area (Å²) in [6.45, 7) is 0. The Bertz CT molecular complexity index is 1010. The van der Waals surface area contributed by atoms with E-state index in [1.807, 2.05) is 47.3 Å². The Kier molecular flexibility index (Phi) is 6.01. The molecule has 0 fully saturated rings. The molecule has 0 saturated heterocycles. The molecule has 0 unspecified atom stereocenters. The molecule has 1 aromatic heterocycles. The van der Waals surface area contributed by atoms with Gasteiger partial charge < -0.3 is 9.30 Å². The standard InChI is InChI=1S/C21H18F3N3O2/c1-29-19-7-5-18(6-8-19)27-10-9-16(14-27)13-25-26-20(28)12-15-3-2-4-17(11-15)21(22,23)24/h2-11,13-14H,12H2,1H3,(H,26,28)/b25-13+. The van der Waals surface area contributed by atoms with E-state index in [1.54, 1.807) is 7.11 Å². The normalized spacial score (nSPS) is 11.6. The molecule has 0 aliphatic rings. The maximum Gasteiger partial charge on any atom is 0.416 e. The minimum atomic E-state index is -4.44. The molecule has 1 N–H and O–H groups in total. The topological polar surface area (TPSA) is 55.6 Å².